The van der Waals surface area contributed by atoms with Gasteiger partial charge in [0.15, 0.2) is 0 Å². The Kier molecular flexibility index (Phi) is 5.50. The third-order valence-corrected chi connectivity index (χ3v) is 5.33. The maximum Gasteiger partial charge on any atom is 0.246 e. The monoisotopic (exact) mass is 324 g/mol. The van der Waals surface area contributed by atoms with Crippen molar-refractivity contribution >= 4 is 38.9 Å². The number of benzene rings is 1. The van der Waals surface area contributed by atoms with E-state index in [2.05, 4.69) is 0 Å². The predicted octanol–water partition coefficient (Wildman–Crippen LogP) is 3.24. The third-order valence-electron chi connectivity index (χ3n) is 2.73. The van der Waals surface area contributed by atoms with Crippen molar-refractivity contribution in [2.45, 2.75) is 25.2 Å². The van der Waals surface area contributed by atoms with E-state index in [1.807, 2.05) is 13.8 Å². The lowest BCUT2D eigenvalue weighted by atomic mass is 10.1. The molecule has 0 saturated heterocycles. The summed E-state index contributed by atoms with van der Waals surface area (Å²) in [5.74, 6) is 0.413. The van der Waals surface area contributed by atoms with Crippen LogP contribution in [0.25, 0.3) is 0 Å². The minimum absolute atomic E-state index is 0.0430. The van der Waals surface area contributed by atoms with Gasteiger partial charge in [0.25, 0.3) is 0 Å². The van der Waals surface area contributed by atoms with Crippen LogP contribution in [0.15, 0.2) is 17.0 Å². The minimum Gasteiger partial charge on any atom is -0.398 e. The lowest BCUT2D eigenvalue weighted by Crippen LogP contribution is -2.29. The summed E-state index contributed by atoms with van der Waals surface area (Å²) in [4.78, 5) is -0.0789. The first-order valence-electron chi connectivity index (χ1n) is 5.87. The van der Waals surface area contributed by atoms with Crippen molar-refractivity contribution < 1.29 is 8.42 Å². The molecule has 4 nitrogen and oxygen atoms in total. The number of sulfonamides is 1. The number of nitrogens with zero attached hydrogens (tertiary/aromatic N) is 1. The van der Waals surface area contributed by atoms with Gasteiger partial charge in [-0.15, -0.1) is 0 Å². The molecule has 0 fully saturated rings. The smallest absolute Gasteiger partial charge is 0.246 e. The number of nitrogens with two attached hydrogens (primary N) is 1. The molecule has 0 amide bonds. The highest BCUT2D eigenvalue weighted by atomic mass is 35.5. The Morgan fingerprint density at radius 1 is 1.32 bits per heavy atom. The molecule has 0 bridgehead atoms. The Morgan fingerprint density at radius 3 is 2.37 bits per heavy atom. The van der Waals surface area contributed by atoms with Gasteiger partial charge in [0.1, 0.15) is 4.90 Å². The molecule has 1 rings (SSSR count). The summed E-state index contributed by atoms with van der Waals surface area (Å²) in [6, 6.07) is 2.76. The van der Waals surface area contributed by atoms with Gasteiger partial charge < -0.3 is 5.73 Å². The second-order valence-corrected chi connectivity index (χ2v) is 7.64. The Bertz CT molecular complexity index is 536. The summed E-state index contributed by atoms with van der Waals surface area (Å²) in [5.41, 5.74) is 5.79. The average molecular weight is 325 g/mol. The highest BCUT2D eigenvalue weighted by molar-refractivity contribution is 7.89. The van der Waals surface area contributed by atoms with Crippen molar-refractivity contribution in [1.29, 1.82) is 0 Å². The molecular weight excluding hydrogens is 307 g/mol. The summed E-state index contributed by atoms with van der Waals surface area (Å²) in [5, 5.41) is 0.354. The van der Waals surface area contributed by atoms with Gasteiger partial charge in [-0.25, -0.2) is 12.7 Å². The second kappa shape index (κ2) is 6.31. The standard InChI is InChI=1S/C12H18Cl2N2O2S/c1-8(2)4-5-16(3)19(17,18)12-10(14)6-9(13)7-11(12)15/h6-8H,4-5,15H2,1-3H3. The normalized spacial score (nSPS) is 12.4. The Labute approximate surface area is 124 Å². The molecule has 19 heavy (non-hydrogen) atoms. The molecule has 108 valence electrons. The van der Waals surface area contributed by atoms with Gasteiger partial charge in [0, 0.05) is 18.6 Å². The molecule has 0 heterocycles. The number of nitrogen functional groups attached to an aromatic ring is 1. The average Bonchev–Trinajstić information content (AvgIpc) is 2.23. The third kappa shape index (κ3) is 3.99. The molecule has 0 saturated carbocycles. The molecule has 0 aromatic heterocycles. The van der Waals surface area contributed by atoms with Crippen molar-refractivity contribution in [3.8, 4) is 0 Å². The number of rotatable bonds is 5. The summed E-state index contributed by atoms with van der Waals surface area (Å²) in [6.45, 7) is 4.48. The van der Waals surface area contributed by atoms with Crippen LogP contribution in [0.3, 0.4) is 0 Å². The SMILES string of the molecule is CC(C)CCN(C)S(=O)(=O)c1c(N)cc(Cl)cc1Cl. The summed E-state index contributed by atoms with van der Waals surface area (Å²) in [7, 11) is -2.18. The van der Waals surface area contributed by atoms with Crippen molar-refractivity contribution in [1.82, 2.24) is 4.31 Å². The summed E-state index contributed by atoms with van der Waals surface area (Å²) in [6.07, 6.45) is 0.765. The van der Waals surface area contributed by atoms with E-state index >= 15 is 0 Å². The molecule has 0 spiro atoms. The molecule has 1 aromatic rings. The van der Waals surface area contributed by atoms with Crippen LogP contribution < -0.4 is 5.73 Å². The molecule has 2 N–H and O–H groups in total. The summed E-state index contributed by atoms with van der Waals surface area (Å²) < 4.78 is 26.1. The van der Waals surface area contributed by atoms with Crippen LogP contribution >= 0.6 is 23.2 Å². The zero-order chi connectivity index (χ0) is 14.8. The Balaban J connectivity index is 3.14. The van der Waals surface area contributed by atoms with Crippen molar-refractivity contribution in [2.24, 2.45) is 5.92 Å². The zero-order valence-corrected chi connectivity index (χ0v) is 13.5. The molecule has 0 aliphatic carbocycles. The molecular formula is C12H18Cl2N2O2S. The maximum atomic E-state index is 12.4. The largest absolute Gasteiger partial charge is 0.398 e. The first kappa shape index (κ1) is 16.6. The molecule has 0 aliphatic rings. The van der Waals surface area contributed by atoms with Gasteiger partial charge in [-0.1, -0.05) is 37.0 Å². The lowest BCUT2D eigenvalue weighted by molar-refractivity contribution is 0.428. The van der Waals surface area contributed by atoms with E-state index in [4.69, 9.17) is 28.9 Å². The summed E-state index contributed by atoms with van der Waals surface area (Å²) >= 11 is 11.7. The van der Waals surface area contributed by atoms with E-state index in [1.165, 1.54) is 23.5 Å². The first-order valence-corrected chi connectivity index (χ1v) is 8.06. The van der Waals surface area contributed by atoms with E-state index in [-0.39, 0.29) is 15.6 Å². The topological polar surface area (TPSA) is 63.4 Å². The van der Waals surface area contributed by atoms with Gasteiger partial charge in [-0.2, -0.15) is 0 Å². The highest BCUT2D eigenvalue weighted by Gasteiger charge is 2.26. The van der Waals surface area contributed by atoms with E-state index in [0.717, 1.165) is 6.42 Å². The number of hydrogen-bond donors (Lipinski definition) is 1. The van der Waals surface area contributed by atoms with Crippen LogP contribution in [-0.4, -0.2) is 26.3 Å². The van der Waals surface area contributed by atoms with Crippen LogP contribution in [-0.2, 0) is 10.0 Å². The van der Waals surface area contributed by atoms with Gasteiger partial charge in [-0.05, 0) is 24.5 Å². The Hall–Kier alpha value is -0.490. The molecule has 0 aliphatic heterocycles. The van der Waals surface area contributed by atoms with Crippen LogP contribution in [0.2, 0.25) is 10.0 Å². The fourth-order valence-corrected chi connectivity index (χ4v) is 3.69. The van der Waals surface area contributed by atoms with Crippen LogP contribution in [0.4, 0.5) is 5.69 Å². The van der Waals surface area contributed by atoms with Gasteiger partial charge >= 0.3 is 0 Å². The lowest BCUT2D eigenvalue weighted by Gasteiger charge is -2.20. The Morgan fingerprint density at radius 2 is 1.89 bits per heavy atom. The molecule has 0 atom stereocenters. The zero-order valence-electron chi connectivity index (χ0n) is 11.2. The van der Waals surface area contributed by atoms with Crippen molar-refractivity contribution in [3.05, 3.63) is 22.2 Å². The quantitative estimate of drug-likeness (QED) is 0.845. The van der Waals surface area contributed by atoms with E-state index in [0.29, 0.717) is 17.5 Å². The van der Waals surface area contributed by atoms with Gasteiger partial charge in [0.05, 0.1) is 10.7 Å². The number of hydrogen-bond acceptors (Lipinski definition) is 3. The minimum atomic E-state index is -3.70. The number of anilines is 1. The molecule has 0 unspecified atom stereocenters. The molecule has 7 heteroatoms. The van der Waals surface area contributed by atoms with E-state index < -0.39 is 10.0 Å². The predicted molar refractivity (Wildman–Crippen MR) is 80.1 cm³/mol. The molecule has 1 aromatic carbocycles. The fraction of sp³-hybridized carbons (Fsp3) is 0.500. The highest BCUT2D eigenvalue weighted by Crippen LogP contribution is 2.32. The van der Waals surface area contributed by atoms with Crippen LogP contribution in [0, 0.1) is 5.92 Å². The van der Waals surface area contributed by atoms with Crippen LogP contribution in [0.5, 0.6) is 0 Å². The van der Waals surface area contributed by atoms with E-state index in [9.17, 15) is 8.42 Å². The van der Waals surface area contributed by atoms with Crippen LogP contribution in [0.1, 0.15) is 20.3 Å². The van der Waals surface area contributed by atoms with Gasteiger partial charge in [-0.3, -0.25) is 0 Å². The van der Waals surface area contributed by atoms with Gasteiger partial charge in [0.2, 0.25) is 10.0 Å². The first-order chi connectivity index (χ1) is 8.66. The number of halogens is 2. The van der Waals surface area contributed by atoms with E-state index in [1.54, 1.807) is 0 Å². The molecule has 0 radical (unpaired) electrons. The van der Waals surface area contributed by atoms with Crippen molar-refractivity contribution in [2.75, 3.05) is 19.3 Å². The fourth-order valence-electron chi connectivity index (χ4n) is 1.57. The second-order valence-electron chi connectivity index (χ2n) is 4.82. The maximum absolute atomic E-state index is 12.4. The van der Waals surface area contributed by atoms with Crippen molar-refractivity contribution in [3.63, 3.8) is 0 Å².